The largest absolute Gasteiger partial charge is 0.0684 e. The molecule has 3 aromatic rings. The molecule has 0 bridgehead atoms. The third kappa shape index (κ3) is 2.94. The molecule has 5 rings (SSSR count). The summed E-state index contributed by atoms with van der Waals surface area (Å²) >= 11 is 0. The number of hydrogen-bond acceptors (Lipinski definition) is 0. The molecule has 4 atom stereocenters. The van der Waals surface area contributed by atoms with Crippen LogP contribution in [-0.4, -0.2) is 8.07 Å². The van der Waals surface area contributed by atoms with Gasteiger partial charge in [-0.15, -0.1) is 0 Å². The average molecular weight is 397 g/mol. The Morgan fingerprint density at radius 2 is 1.28 bits per heavy atom. The summed E-state index contributed by atoms with van der Waals surface area (Å²) in [6.45, 7) is 10.4. The van der Waals surface area contributed by atoms with Crippen LogP contribution in [0.1, 0.15) is 47.2 Å². The van der Waals surface area contributed by atoms with E-state index in [1.54, 1.807) is 22.3 Å². The molecule has 148 valence electrons. The van der Waals surface area contributed by atoms with Gasteiger partial charge in [0.25, 0.3) is 0 Å². The molecule has 3 aromatic carbocycles. The maximum Gasteiger partial charge on any atom is 0.0634 e. The van der Waals surface area contributed by atoms with Crippen LogP contribution in [0.15, 0.2) is 72.8 Å². The van der Waals surface area contributed by atoms with Crippen molar-refractivity contribution >= 4 is 8.07 Å². The maximum absolute atomic E-state index is 2.68. The van der Waals surface area contributed by atoms with Crippen LogP contribution in [0, 0.1) is 11.8 Å². The van der Waals surface area contributed by atoms with Crippen LogP contribution in [0.3, 0.4) is 0 Å². The zero-order valence-corrected chi connectivity index (χ0v) is 19.2. The summed E-state index contributed by atoms with van der Waals surface area (Å²) in [5.74, 6) is 1.50. The normalized spacial score (nSPS) is 25.7. The fraction of sp³-hybridized carbons (Fsp3) is 0.357. The second-order valence-corrected chi connectivity index (χ2v) is 15.0. The lowest BCUT2D eigenvalue weighted by atomic mass is 9.97. The van der Waals surface area contributed by atoms with Gasteiger partial charge >= 0.3 is 0 Å². The molecule has 2 unspecified atom stereocenters. The summed E-state index contributed by atoms with van der Waals surface area (Å²) in [5.41, 5.74) is 10.9. The summed E-state index contributed by atoms with van der Waals surface area (Å²) in [7, 11) is -1.59. The second kappa shape index (κ2) is 6.99. The molecule has 29 heavy (non-hydrogen) atoms. The molecule has 0 saturated heterocycles. The fourth-order valence-electron chi connectivity index (χ4n) is 7.01. The Balaban J connectivity index is 1.60. The molecule has 2 aliphatic rings. The van der Waals surface area contributed by atoms with Crippen LogP contribution in [0.5, 0.6) is 0 Å². The van der Waals surface area contributed by atoms with Gasteiger partial charge in [0, 0.05) is 0 Å². The molecule has 0 aliphatic heterocycles. The van der Waals surface area contributed by atoms with Crippen LogP contribution >= 0.6 is 0 Å². The molecule has 0 saturated carbocycles. The fourth-order valence-corrected chi connectivity index (χ4v) is 12.7. The van der Waals surface area contributed by atoms with Crippen LogP contribution in [0.25, 0.3) is 11.1 Å². The number of benzene rings is 3. The third-order valence-electron chi connectivity index (χ3n) is 7.83. The van der Waals surface area contributed by atoms with Gasteiger partial charge in [0.1, 0.15) is 0 Å². The van der Waals surface area contributed by atoms with Crippen molar-refractivity contribution in [2.45, 2.75) is 50.9 Å². The predicted molar refractivity (Wildman–Crippen MR) is 127 cm³/mol. The van der Waals surface area contributed by atoms with Crippen molar-refractivity contribution in [2.75, 3.05) is 0 Å². The molecular weight excluding hydrogens is 364 g/mol. The third-order valence-corrected chi connectivity index (χ3v) is 12.8. The van der Waals surface area contributed by atoms with Gasteiger partial charge < -0.3 is 0 Å². The maximum atomic E-state index is 2.68. The lowest BCUT2D eigenvalue weighted by molar-refractivity contribution is 0.543. The summed E-state index contributed by atoms with van der Waals surface area (Å²) < 4.78 is 0. The minimum atomic E-state index is -1.59. The van der Waals surface area contributed by atoms with Gasteiger partial charge in [0.2, 0.25) is 0 Å². The Labute approximate surface area is 177 Å². The zero-order valence-electron chi connectivity index (χ0n) is 18.2. The van der Waals surface area contributed by atoms with Crippen LogP contribution in [0.2, 0.25) is 13.1 Å². The predicted octanol–water partition coefficient (Wildman–Crippen LogP) is 7.39. The van der Waals surface area contributed by atoms with E-state index in [1.807, 2.05) is 0 Å². The number of fused-ring (bicyclic) bond motifs is 2. The van der Waals surface area contributed by atoms with E-state index >= 15 is 0 Å². The molecule has 0 amide bonds. The average Bonchev–Trinajstić information content (AvgIpc) is 3.24. The highest BCUT2D eigenvalue weighted by Crippen LogP contribution is 2.54. The Kier molecular flexibility index (Phi) is 4.55. The Bertz CT molecular complexity index is 1030. The van der Waals surface area contributed by atoms with Crippen molar-refractivity contribution in [1.82, 2.24) is 0 Å². The number of hydrogen-bond donors (Lipinski definition) is 0. The highest BCUT2D eigenvalue weighted by atomic mass is 28.3. The molecule has 0 aromatic heterocycles. The second-order valence-electron chi connectivity index (χ2n) is 10.1. The molecule has 2 aliphatic carbocycles. The standard InChI is InChI=1S/C28H32Si/c1-19-17-22-13-8-9-14-24(22)27(19)29(3,4)28-20(2)18-26-23(15-10-16-25(26)28)21-11-6-5-7-12-21/h5-16,19-20,27-28H,17-18H2,1-4H3/t19-,20-,27?,28?/m0/s1. The van der Waals surface area contributed by atoms with E-state index in [0.717, 1.165) is 22.9 Å². The van der Waals surface area contributed by atoms with Crippen LogP contribution < -0.4 is 0 Å². The molecule has 0 fully saturated rings. The number of rotatable bonds is 3. The van der Waals surface area contributed by atoms with Gasteiger partial charge in [-0.2, -0.15) is 0 Å². The SMILES string of the molecule is C[C@H]1Cc2ccccc2C1[Si](C)(C)C1c2cccc(-c3ccccc3)c2C[C@@H]1C. The van der Waals surface area contributed by atoms with Crippen molar-refractivity contribution in [2.24, 2.45) is 11.8 Å². The Morgan fingerprint density at radius 3 is 2.07 bits per heavy atom. The Hall–Kier alpha value is -2.12. The molecular formula is C28H32Si. The Morgan fingerprint density at radius 1 is 0.655 bits per heavy atom. The lowest BCUT2D eigenvalue weighted by Gasteiger charge is -2.41. The van der Waals surface area contributed by atoms with E-state index in [0.29, 0.717) is 0 Å². The topological polar surface area (TPSA) is 0 Å². The minimum absolute atomic E-state index is 0.733. The van der Waals surface area contributed by atoms with Gasteiger partial charge in [-0.05, 0) is 69.1 Å². The zero-order chi connectivity index (χ0) is 20.2. The summed E-state index contributed by atoms with van der Waals surface area (Å²) in [6.07, 6.45) is 2.49. The van der Waals surface area contributed by atoms with Gasteiger partial charge in [-0.1, -0.05) is 99.7 Å². The van der Waals surface area contributed by atoms with Gasteiger partial charge in [0.15, 0.2) is 0 Å². The monoisotopic (exact) mass is 396 g/mol. The molecule has 1 heteroatoms. The first kappa shape index (κ1) is 18.9. The van der Waals surface area contributed by atoms with Gasteiger partial charge in [0.05, 0.1) is 8.07 Å². The summed E-state index contributed by atoms with van der Waals surface area (Å²) in [6, 6.07) is 27.4. The highest BCUT2D eigenvalue weighted by Gasteiger charge is 2.50. The van der Waals surface area contributed by atoms with Gasteiger partial charge in [-0.3, -0.25) is 0 Å². The summed E-state index contributed by atoms with van der Waals surface area (Å²) in [4.78, 5) is 0. The van der Waals surface area contributed by atoms with Crippen molar-refractivity contribution in [3.8, 4) is 11.1 Å². The smallest absolute Gasteiger partial charge is 0.0634 e. The first-order valence-electron chi connectivity index (χ1n) is 11.2. The van der Waals surface area contributed by atoms with Crippen molar-refractivity contribution in [3.63, 3.8) is 0 Å². The van der Waals surface area contributed by atoms with E-state index in [-0.39, 0.29) is 0 Å². The van der Waals surface area contributed by atoms with E-state index in [9.17, 15) is 0 Å². The first-order chi connectivity index (χ1) is 14.0. The minimum Gasteiger partial charge on any atom is -0.0684 e. The molecule has 0 spiro atoms. The van der Waals surface area contributed by atoms with Crippen molar-refractivity contribution < 1.29 is 0 Å². The van der Waals surface area contributed by atoms with E-state index in [4.69, 9.17) is 0 Å². The van der Waals surface area contributed by atoms with E-state index in [1.165, 1.54) is 24.0 Å². The molecule has 0 N–H and O–H groups in total. The lowest BCUT2D eigenvalue weighted by Crippen LogP contribution is -2.45. The first-order valence-corrected chi connectivity index (χ1v) is 14.4. The summed E-state index contributed by atoms with van der Waals surface area (Å²) in [5, 5.41) is 0. The quantitative estimate of drug-likeness (QED) is 0.405. The highest BCUT2D eigenvalue weighted by molar-refractivity contribution is 6.80. The van der Waals surface area contributed by atoms with Crippen LogP contribution in [0.4, 0.5) is 0 Å². The molecule has 0 radical (unpaired) electrons. The van der Waals surface area contributed by atoms with E-state index < -0.39 is 8.07 Å². The molecule has 0 heterocycles. The van der Waals surface area contributed by atoms with Crippen molar-refractivity contribution in [3.05, 3.63) is 95.1 Å². The van der Waals surface area contributed by atoms with Crippen molar-refractivity contribution in [1.29, 1.82) is 0 Å². The van der Waals surface area contributed by atoms with E-state index in [2.05, 4.69) is 99.7 Å². The van der Waals surface area contributed by atoms with Gasteiger partial charge in [-0.25, -0.2) is 0 Å². The molecule has 0 nitrogen and oxygen atoms in total. The van der Waals surface area contributed by atoms with Crippen LogP contribution in [-0.2, 0) is 12.8 Å².